The minimum Gasteiger partial charge on any atom is -0.298 e. The Bertz CT molecular complexity index is 261. The summed E-state index contributed by atoms with van der Waals surface area (Å²) in [5.74, 6) is 0. The first-order valence-electron chi connectivity index (χ1n) is 7.78. The smallest absolute Gasteiger partial charge is 0.102 e. The number of rotatable bonds is 3. The average Bonchev–Trinajstić information content (AvgIpc) is 2.39. The van der Waals surface area contributed by atoms with Crippen LogP contribution >= 0.6 is 0 Å². The molecule has 0 N–H and O–H groups in total. The zero-order valence-corrected chi connectivity index (χ0v) is 12.9. The van der Waals surface area contributed by atoms with Crippen LogP contribution in [0.5, 0.6) is 0 Å². The molecule has 0 amide bonds. The van der Waals surface area contributed by atoms with Crippen molar-refractivity contribution in [1.82, 2.24) is 14.7 Å². The molecule has 0 aliphatic carbocycles. The molecule has 2 saturated heterocycles. The van der Waals surface area contributed by atoms with Gasteiger partial charge in [0.05, 0.1) is 0 Å². The highest BCUT2D eigenvalue weighted by atomic mass is 19.1. The second kappa shape index (κ2) is 6.51. The van der Waals surface area contributed by atoms with Crippen molar-refractivity contribution in [2.75, 3.05) is 52.5 Å². The average molecular weight is 271 g/mol. The Morgan fingerprint density at radius 1 is 0.947 bits per heavy atom. The van der Waals surface area contributed by atoms with E-state index in [1.807, 2.05) is 0 Å². The highest BCUT2D eigenvalue weighted by Crippen LogP contribution is 2.23. The molecule has 0 unspecified atom stereocenters. The predicted octanol–water partition coefficient (Wildman–Crippen LogP) is 1.84. The van der Waals surface area contributed by atoms with Gasteiger partial charge in [0.15, 0.2) is 0 Å². The molecule has 0 saturated carbocycles. The van der Waals surface area contributed by atoms with Crippen molar-refractivity contribution in [3.05, 3.63) is 0 Å². The molecule has 0 atom stereocenters. The zero-order valence-electron chi connectivity index (χ0n) is 12.9. The van der Waals surface area contributed by atoms with Gasteiger partial charge in [-0.3, -0.25) is 14.7 Å². The zero-order chi connectivity index (χ0) is 13.9. The Balaban J connectivity index is 1.74. The lowest BCUT2D eigenvalue weighted by Crippen LogP contribution is -2.55. The minimum absolute atomic E-state index is 0.204. The van der Waals surface area contributed by atoms with Crippen LogP contribution < -0.4 is 0 Å². The molecule has 0 aromatic rings. The summed E-state index contributed by atoms with van der Waals surface area (Å²) < 4.78 is 12.3. The fourth-order valence-corrected chi connectivity index (χ4v) is 3.37. The van der Waals surface area contributed by atoms with Crippen molar-refractivity contribution < 1.29 is 4.39 Å². The Hall–Kier alpha value is -0.190. The van der Waals surface area contributed by atoms with Gasteiger partial charge >= 0.3 is 0 Å². The van der Waals surface area contributed by atoms with Crippen LogP contribution in [0.25, 0.3) is 0 Å². The monoisotopic (exact) mass is 271 g/mol. The summed E-state index contributed by atoms with van der Waals surface area (Å²) in [5, 5.41) is 0. The van der Waals surface area contributed by atoms with Crippen LogP contribution in [-0.4, -0.2) is 78.8 Å². The van der Waals surface area contributed by atoms with Gasteiger partial charge in [0.1, 0.15) is 6.67 Å². The van der Waals surface area contributed by atoms with Gasteiger partial charge in [0, 0.05) is 57.4 Å². The molecule has 0 bridgehead atoms. The number of alkyl halides is 1. The third kappa shape index (κ3) is 4.14. The second-order valence-corrected chi connectivity index (χ2v) is 6.96. The van der Waals surface area contributed by atoms with E-state index in [1.54, 1.807) is 0 Å². The highest BCUT2D eigenvalue weighted by Gasteiger charge is 2.30. The summed E-state index contributed by atoms with van der Waals surface area (Å²) in [6.07, 6.45) is 2.58. The van der Waals surface area contributed by atoms with Crippen molar-refractivity contribution in [3.8, 4) is 0 Å². The molecule has 2 aliphatic heterocycles. The van der Waals surface area contributed by atoms with E-state index in [0.29, 0.717) is 12.1 Å². The molecule has 0 radical (unpaired) electrons. The predicted molar refractivity (Wildman–Crippen MR) is 78.3 cm³/mol. The Morgan fingerprint density at radius 2 is 1.53 bits per heavy atom. The molecule has 0 spiro atoms. The summed E-state index contributed by atoms with van der Waals surface area (Å²) >= 11 is 0. The number of hydrogen-bond acceptors (Lipinski definition) is 3. The van der Waals surface area contributed by atoms with Gasteiger partial charge in [-0.2, -0.15) is 0 Å². The van der Waals surface area contributed by atoms with Gasteiger partial charge in [0.2, 0.25) is 0 Å². The van der Waals surface area contributed by atoms with Gasteiger partial charge in [-0.1, -0.05) is 0 Å². The summed E-state index contributed by atoms with van der Waals surface area (Å²) in [5.41, 5.74) is 0.310. The first kappa shape index (κ1) is 15.2. The largest absolute Gasteiger partial charge is 0.298 e. The topological polar surface area (TPSA) is 9.72 Å². The number of hydrogen-bond donors (Lipinski definition) is 0. The number of piperazine rings is 1. The number of halogens is 1. The maximum atomic E-state index is 12.3. The third-order valence-corrected chi connectivity index (χ3v) is 4.74. The first-order valence-corrected chi connectivity index (χ1v) is 7.78. The van der Waals surface area contributed by atoms with Crippen molar-refractivity contribution in [2.45, 2.75) is 45.2 Å². The fraction of sp³-hybridized carbons (Fsp3) is 1.00. The maximum Gasteiger partial charge on any atom is 0.102 e. The minimum atomic E-state index is -0.204. The lowest BCUT2D eigenvalue weighted by atomic mass is 9.96. The normalized spacial score (nSPS) is 25.9. The molecule has 0 aromatic carbocycles. The van der Waals surface area contributed by atoms with E-state index in [0.717, 1.165) is 32.2 Å². The highest BCUT2D eigenvalue weighted by molar-refractivity contribution is 4.87. The van der Waals surface area contributed by atoms with Gasteiger partial charge < -0.3 is 0 Å². The van der Waals surface area contributed by atoms with E-state index in [-0.39, 0.29) is 6.67 Å². The second-order valence-electron chi connectivity index (χ2n) is 6.96. The molecule has 2 fully saturated rings. The molecular weight excluding hydrogens is 241 g/mol. The van der Waals surface area contributed by atoms with Crippen LogP contribution in [0.3, 0.4) is 0 Å². The lowest BCUT2D eigenvalue weighted by Gasteiger charge is -2.46. The molecule has 2 rings (SSSR count). The number of piperidine rings is 1. The van der Waals surface area contributed by atoms with Gasteiger partial charge in [0.25, 0.3) is 0 Å². The van der Waals surface area contributed by atoms with Crippen LogP contribution in [0.2, 0.25) is 0 Å². The standard InChI is InChI=1S/C15H30FN3/c1-15(2,3)19-7-4-14(5-8-19)18-12-10-17(9-6-16)11-13-18/h14H,4-13H2,1-3H3. The van der Waals surface area contributed by atoms with E-state index in [1.165, 1.54) is 25.9 Å². The third-order valence-electron chi connectivity index (χ3n) is 4.74. The van der Waals surface area contributed by atoms with E-state index >= 15 is 0 Å². The van der Waals surface area contributed by atoms with Gasteiger partial charge in [-0.05, 0) is 33.6 Å². The molecule has 0 aromatic heterocycles. The van der Waals surface area contributed by atoms with E-state index in [9.17, 15) is 4.39 Å². The van der Waals surface area contributed by atoms with Crippen molar-refractivity contribution >= 4 is 0 Å². The van der Waals surface area contributed by atoms with Crippen LogP contribution in [0.15, 0.2) is 0 Å². The molecule has 2 heterocycles. The van der Waals surface area contributed by atoms with Crippen molar-refractivity contribution in [3.63, 3.8) is 0 Å². The van der Waals surface area contributed by atoms with Crippen molar-refractivity contribution in [1.29, 1.82) is 0 Å². The molecule has 112 valence electrons. The van der Waals surface area contributed by atoms with Crippen molar-refractivity contribution in [2.24, 2.45) is 0 Å². The summed E-state index contributed by atoms with van der Waals surface area (Å²) in [6.45, 7) is 14.1. The number of nitrogens with zero attached hydrogens (tertiary/aromatic N) is 3. The molecule has 2 aliphatic rings. The molecule has 19 heavy (non-hydrogen) atoms. The molecule has 3 nitrogen and oxygen atoms in total. The lowest BCUT2D eigenvalue weighted by molar-refractivity contribution is 0.0315. The number of likely N-dealkylation sites (tertiary alicyclic amines) is 1. The van der Waals surface area contributed by atoms with Gasteiger partial charge in [-0.25, -0.2) is 4.39 Å². The Kier molecular flexibility index (Phi) is 5.21. The van der Waals surface area contributed by atoms with E-state index in [2.05, 4.69) is 35.5 Å². The van der Waals surface area contributed by atoms with Crippen LogP contribution in [-0.2, 0) is 0 Å². The van der Waals surface area contributed by atoms with Crippen LogP contribution in [0.4, 0.5) is 4.39 Å². The molecule has 4 heteroatoms. The summed E-state index contributed by atoms with van der Waals surface area (Å²) in [6, 6.07) is 0.756. The summed E-state index contributed by atoms with van der Waals surface area (Å²) in [4.78, 5) is 7.48. The Labute approximate surface area is 117 Å². The quantitative estimate of drug-likeness (QED) is 0.775. The van der Waals surface area contributed by atoms with Crippen LogP contribution in [0, 0.1) is 0 Å². The van der Waals surface area contributed by atoms with E-state index < -0.39 is 0 Å². The Morgan fingerprint density at radius 3 is 2.00 bits per heavy atom. The SMILES string of the molecule is CC(C)(C)N1CCC(N2CCN(CCF)CC2)CC1. The fourth-order valence-electron chi connectivity index (χ4n) is 3.37. The van der Waals surface area contributed by atoms with E-state index in [4.69, 9.17) is 0 Å². The van der Waals surface area contributed by atoms with Gasteiger partial charge in [-0.15, -0.1) is 0 Å². The maximum absolute atomic E-state index is 12.3. The molecular formula is C15H30FN3. The summed E-state index contributed by atoms with van der Waals surface area (Å²) in [7, 11) is 0. The first-order chi connectivity index (χ1) is 9.00. The van der Waals surface area contributed by atoms with Crippen LogP contribution in [0.1, 0.15) is 33.6 Å².